The molecule has 0 radical (unpaired) electrons. The highest BCUT2D eigenvalue weighted by Gasteiger charge is 2.19. The van der Waals surface area contributed by atoms with Gasteiger partial charge in [-0.05, 0) is 40.7 Å². The van der Waals surface area contributed by atoms with Gasteiger partial charge in [0.1, 0.15) is 0 Å². The number of nitrogens with zero attached hydrogens (tertiary/aromatic N) is 5. The van der Waals surface area contributed by atoms with Crippen molar-refractivity contribution in [3.8, 4) is 0 Å². The van der Waals surface area contributed by atoms with Gasteiger partial charge in [0.2, 0.25) is 0 Å². The topological polar surface area (TPSA) is 77.6 Å². The lowest BCUT2D eigenvalue weighted by atomic mass is 10.1. The maximum absolute atomic E-state index is 12.8. The second-order valence-electron chi connectivity index (χ2n) is 6.14. The van der Waals surface area contributed by atoms with E-state index in [9.17, 15) is 4.79 Å². The molecule has 0 saturated heterocycles. The Bertz CT molecular complexity index is 905. The molecule has 0 unspecified atom stereocenters. The molecule has 0 fully saturated rings. The summed E-state index contributed by atoms with van der Waals surface area (Å²) in [6, 6.07) is 3.84. The van der Waals surface area contributed by atoms with Gasteiger partial charge >= 0.3 is 0 Å². The highest BCUT2D eigenvalue weighted by Crippen LogP contribution is 2.23. The standard InChI is InChI=1S/C17H22N6O/c1-6-22-16-15(12(5)20-22)13(9-11(4)18-16)17(24)19-14-7-8-23(21-14)10(2)3/h7-10H,6H2,1-5H3,(H,19,21,24). The molecule has 7 nitrogen and oxygen atoms in total. The fourth-order valence-electron chi connectivity index (χ4n) is 2.75. The molecule has 0 aliphatic heterocycles. The lowest BCUT2D eigenvalue weighted by Crippen LogP contribution is -2.14. The number of rotatable bonds is 4. The monoisotopic (exact) mass is 326 g/mol. The van der Waals surface area contributed by atoms with Crippen LogP contribution in [-0.2, 0) is 6.54 Å². The van der Waals surface area contributed by atoms with Crippen molar-refractivity contribution >= 4 is 22.8 Å². The third kappa shape index (κ3) is 2.77. The van der Waals surface area contributed by atoms with Crippen LogP contribution in [-0.4, -0.2) is 30.5 Å². The summed E-state index contributed by atoms with van der Waals surface area (Å²) in [5.41, 5.74) is 2.91. The van der Waals surface area contributed by atoms with Crippen LogP contribution >= 0.6 is 0 Å². The summed E-state index contributed by atoms with van der Waals surface area (Å²) < 4.78 is 3.63. The molecule has 3 rings (SSSR count). The van der Waals surface area contributed by atoms with Crippen LogP contribution in [0.4, 0.5) is 5.82 Å². The first-order valence-corrected chi connectivity index (χ1v) is 8.12. The van der Waals surface area contributed by atoms with E-state index in [2.05, 4.69) is 20.5 Å². The lowest BCUT2D eigenvalue weighted by Gasteiger charge is -2.07. The van der Waals surface area contributed by atoms with Gasteiger partial charge in [0.25, 0.3) is 5.91 Å². The number of amides is 1. The molecule has 0 atom stereocenters. The predicted molar refractivity (Wildman–Crippen MR) is 93.2 cm³/mol. The van der Waals surface area contributed by atoms with E-state index in [1.54, 1.807) is 12.1 Å². The molecule has 126 valence electrons. The van der Waals surface area contributed by atoms with Crippen molar-refractivity contribution in [2.45, 2.75) is 47.2 Å². The molecule has 3 aromatic heterocycles. The smallest absolute Gasteiger partial charge is 0.257 e. The first-order chi connectivity index (χ1) is 11.4. The van der Waals surface area contributed by atoms with E-state index in [1.165, 1.54) is 0 Å². The zero-order valence-corrected chi connectivity index (χ0v) is 14.7. The minimum atomic E-state index is -0.196. The van der Waals surface area contributed by atoms with Crippen LogP contribution in [0.15, 0.2) is 18.3 Å². The Balaban J connectivity index is 2.01. The number of carbonyl (C=O) groups is 1. The Morgan fingerprint density at radius 2 is 2.04 bits per heavy atom. The molecule has 1 amide bonds. The number of hydrogen-bond acceptors (Lipinski definition) is 4. The molecule has 0 saturated carbocycles. The van der Waals surface area contributed by atoms with Crippen LogP contribution in [0.2, 0.25) is 0 Å². The third-order valence-corrected chi connectivity index (χ3v) is 3.93. The first-order valence-electron chi connectivity index (χ1n) is 8.12. The van der Waals surface area contributed by atoms with Crippen LogP contribution in [0.5, 0.6) is 0 Å². The molecule has 0 bridgehead atoms. The van der Waals surface area contributed by atoms with Crippen LogP contribution in [0.3, 0.4) is 0 Å². The van der Waals surface area contributed by atoms with Gasteiger partial charge in [0.05, 0.1) is 16.6 Å². The summed E-state index contributed by atoms with van der Waals surface area (Å²) in [4.78, 5) is 17.3. The van der Waals surface area contributed by atoms with Gasteiger partial charge in [-0.3, -0.25) is 9.48 Å². The van der Waals surface area contributed by atoms with E-state index in [0.29, 0.717) is 17.9 Å². The SMILES string of the molecule is CCn1nc(C)c2c(C(=O)Nc3ccn(C(C)C)n3)cc(C)nc21. The van der Waals surface area contributed by atoms with Gasteiger partial charge < -0.3 is 5.32 Å². The van der Waals surface area contributed by atoms with E-state index in [4.69, 9.17) is 0 Å². The van der Waals surface area contributed by atoms with E-state index in [-0.39, 0.29) is 11.9 Å². The van der Waals surface area contributed by atoms with Crippen molar-refractivity contribution < 1.29 is 4.79 Å². The molecule has 0 aliphatic rings. The highest BCUT2D eigenvalue weighted by molar-refractivity contribution is 6.12. The zero-order chi connectivity index (χ0) is 17.4. The largest absolute Gasteiger partial charge is 0.305 e. The lowest BCUT2D eigenvalue weighted by molar-refractivity contribution is 0.102. The summed E-state index contributed by atoms with van der Waals surface area (Å²) >= 11 is 0. The molecule has 0 aromatic carbocycles. The fourth-order valence-corrected chi connectivity index (χ4v) is 2.75. The van der Waals surface area contributed by atoms with Gasteiger partial charge in [0, 0.05) is 30.5 Å². The molecular formula is C17H22N6O. The van der Waals surface area contributed by atoms with Gasteiger partial charge in [-0.1, -0.05) is 0 Å². The molecule has 24 heavy (non-hydrogen) atoms. The van der Waals surface area contributed by atoms with Gasteiger partial charge in [-0.2, -0.15) is 10.2 Å². The van der Waals surface area contributed by atoms with Crippen LogP contribution in [0, 0.1) is 13.8 Å². The van der Waals surface area contributed by atoms with Crippen molar-refractivity contribution in [1.82, 2.24) is 24.5 Å². The van der Waals surface area contributed by atoms with E-state index < -0.39 is 0 Å². The normalized spacial score (nSPS) is 11.4. The minimum Gasteiger partial charge on any atom is -0.305 e. The van der Waals surface area contributed by atoms with Crippen molar-refractivity contribution in [2.24, 2.45) is 0 Å². The summed E-state index contributed by atoms with van der Waals surface area (Å²) in [7, 11) is 0. The molecule has 0 aliphatic carbocycles. The number of aryl methyl sites for hydroxylation is 3. The fraction of sp³-hybridized carbons (Fsp3) is 0.412. The summed E-state index contributed by atoms with van der Waals surface area (Å²) in [5.74, 6) is 0.343. The predicted octanol–water partition coefficient (Wildman–Crippen LogP) is 3.10. The average molecular weight is 326 g/mol. The summed E-state index contributed by atoms with van der Waals surface area (Å²) in [6.07, 6.45) is 1.86. The van der Waals surface area contributed by atoms with Crippen LogP contribution in [0.25, 0.3) is 11.0 Å². The molecular weight excluding hydrogens is 304 g/mol. The number of anilines is 1. The molecule has 7 heteroatoms. The Morgan fingerprint density at radius 3 is 2.67 bits per heavy atom. The summed E-state index contributed by atoms with van der Waals surface area (Å²) in [5, 5.41) is 12.5. The average Bonchev–Trinajstić information content (AvgIpc) is 3.11. The number of aromatic nitrogens is 5. The van der Waals surface area contributed by atoms with E-state index >= 15 is 0 Å². The van der Waals surface area contributed by atoms with E-state index in [0.717, 1.165) is 22.4 Å². The van der Waals surface area contributed by atoms with Crippen LogP contribution < -0.4 is 5.32 Å². The number of pyridine rings is 1. The first kappa shape index (κ1) is 16.2. The molecule has 3 aromatic rings. The number of nitrogens with one attached hydrogen (secondary N) is 1. The number of hydrogen-bond donors (Lipinski definition) is 1. The Labute approximate surface area is 140 Å². The minimum absolute atomic E-state index is 0.196. The maximum Gasteiger partial charge on any atom is 0.257 e. The third-order valence-electron chi connectivity index (χ3n) is 3.93. The summed E-state index contributed by atoms with van der Waals surface area (Å²) in [6.45, 7) is 10.6. The van der Waals surface area contributed by atoms with Gasteiger partial charge in [0.15, 0.2) is 11.5 Å². The zero-order valence-electron chi connectivity index (χ0n) is 14.7. The second-order valence-corrected chi connectivity index (χ2v) is 6.14. The van der Waals surface area contributed by atoms with E-state index in [1.807, 2.05) is 50.2 Å². The molecule has 0 spiro atoms. The highest BCUT2D eigenvalue weighted by atomic mass is 16.1. The Hall–Kier alpha value is -2.70. The number of carbonyl (C=O) groups excluding carboxylic acids is 1. The Morgan fingerprint density at radius 1 is 1.29 bits per heavy atom. The Kier molecular flexibility index (Phi) is 4.09. The maximum atomic E-state index is 12.8. The van der Waals surface area contributed by atoms with Crippen LogP contribution in [0.1, 0.15) is 48.6 Å². The second kappa shape index (κ2) is 6.07. The van der Waals surface area contributed by atoms with Gasteiger partial charge in [-0.15, -0.1) is 0 Å². The van der Waals surface area contributed by atoms with Crippen molar-refractivity contribution in [2.75, 3.05) is 5.32 Å². The van der Waals surface area contributed by atoms with Gasteiger partial charge in [-0.25, -0.2) is 9.67 Å². The molecule has 1 N–H and O–H groups in total. The van der Waals surface area contributed by atoms with Crippen molar-refractivity contribution in [1.29, 1.82) is 0 Å². The van der Waals surface area contributed by atoms with Crippen molar-refractivity contribution in [3.05, 3.63) is 35.3 Å². The van der Waals surface area contributed by atoms with Crippen molar-refractivity contribution in [3.63, 3.8) is 0 Å². The number of fused-ring (bicyclic) bond motifs is 1. The quantitative estimate of drug-likeness (QED) is 0.799. The molecule has 3 heterocycles.